The highest BCUT2D eigenvalue weighted by Gasteiger charge is 2.29. The van der Waals surface area contributed by atoms with E-state index in [0.717, 1.165) is 25.0 Å². The average Bonchev–Trinajstić information content (AvgIpc) is 3.20. The molecule has 0 heterocycles. The zero-order valence-corrected chi connectivity index (χ0v) is 13.5. The number of rotatable bonds is 8. The molecule has 112 valence electrons. The molecule has 2 rings (SSSR count). The zero-order valence-electron chi connectivity index (χ0n) is 13.5. The summed E-state index contributed by atoms with van der Waals surface area (Å²) in [5.41, 5.74) is 2.86. The van der Waals surface area contributed by atoms with E-state index in [1.807, 2.05) is 0 Å². The molecule has 0 radical (unpaired) electrons. The van der Waals surface area contributed by atoms with Crippen molar-refractivity contribution in [3.05, 3.63) is 35.4 Å². The SMILES string of the molecule is CC(C)CN(Cc1cccc(CNC(C)C)c1)C1CC1. The normalized spacial score (nSPS) is 15.6. The second kappa shape index (κ2) is 7.24. The van der Waals surface area contributed by atoms with Crippen LogP contribution in [0.1, 0.15) is 51.7 Å². The Morgan fingerprint density at radius 2 is 1.85 bits per heavy atom. The van der Waals surface area contributed by atoms with Crippen LogP contribution in [0, 0.1) is 5.92 Å². The smallest absolute Gasteiger partial charge is 0.0236 e. The van der Waals surface area contributed by atoms with Crippen LogP contribution < -0.4 is 5.32 Å². The molecule has 1 N–H and O–H groups in total. The fourth-order valence-electron chi connectivity index (χ4n) is 2.65. The summed E-state index contributed by atoms with van der Waals surface area (Å²) >= 11 is 0. The molecule has 0 saturated heterocycles. The van der Waals surface area contributed by atoms with Crippen LogP contribution in [0.15, 0.2) is 24.3 Å². The van der Waals surface area contributed by atoms with E-state index in [4.69, 9.17) is 0 Å². The monoisotopic (exact) mass is 274 g/mol. The van der Waals surface area contributed by atoms with Crippen LogP contribution in [-0.4, -0.2) is 23.5 Å². The molecule has 0 aromatic heterocycles. The van der Waals surface area contributed by atoms with Crippen LogP contribution in [0.5, 0.6) is 0 Å². The Bertz CT molecular complexity index is 408. The van der Waals surface area contributed by atoms with Gasteiger partial charge in [0.1, 0.15) is 0 Å². The van der Waals surface area contributed by atoms with Gasteiger partial charge in [-0.15, -0.1) is 0 Å². The van der Waals surface area contributed by atoms with Gasteiger partial charge in [-0.1, -0.05) is 52.0 Å². The van der Waals surface area contributed by atoms with Gasteiger partial charge in [0.25, 0.3) is 0 Å². The van der Waals surface area contributed by atoms with Gasteiger partial charge < -0.3 is 5.32 Å². The summed E-state index contributed by atoms with van der Waals surface area (Å²) in [6.07, 6.45) is 2.78. The number of hydrogen-bond acceptors (Lipinski definition) is 2. The fourth-order valence-corrected chi connectivity index (χ4v) is 2.65. The molecule has 1 aromatic rings. The molecule has 0 atom stereocenters. The maximum Gasteiger partial charge on any atom is 0.0236 e. The van der Waals surface area contributed by atoms with Gasteiger partial charge in [0, 0.05) is 31.7 Å². The maximum atomic E-state index is 3.50. The molecule has 20 heavy (non-hydrogen) atoms. The van der Waals surface area contributed by atoms with Gasteiger partial charge in [0.15, 0.2) is 0 Å². The van der Waals surface area contributed by atoms with E-state index in [9.17, 15) is 0 Å². The molecule has 1 saturated carbocycles. The third-order valence-electron chi connectivity index (χ3n) is 3.75. The van der Waals surface area contributed by atoms with E-state index in [1.54, 1.807) is 0 Å². The number of nitrogens with one attached hydrogen (secondary N) is 1. The first-order valence-corrected chi connectivity index (χ1v) is 8.10. The van der Waals surface area contributed by atoms with E-state index in [0.29, 0.717) is 6.04 Å². The Labute approximate surface area is 124 Å². The molecule has 1 aliphatic carbocycles. The molecule has 2 nitrogen and oxygen atoms in total. The first-order valence-electron chi connectivity index (χ1n) is 8.10. The van der Waals surface area contributed by atoms with Gasteiger partial charge in [-0.05, 0) is 29.9 Å². The molecule has 1 fully saturated rings. The number of nitrogens with zero attached hydrogens (tertiary/aromatic N) is 1. The maximum absolute atomic E-state index is 3.50. The molecule has 1 aromatic carbocycles. The fraction of sp³-hybridized carbons (Fsp3) is 0.667. The predicted molar refractivity (Wildman–Crippen MR) is 86.7 cm³/mol. The molecule has 0 spiro atoms. The van der Waals surface area contributed by atoms with Crippen LogP contribution in [0.25, 0.3) is 0 Å². The van der Waals surface area contributed by atoms with Crippen LogP contribution in [0.4, 0.5) is 0 Å². The van der Waals surface area contributed by atoms with Crippen molar-refractivity contribution in [1.82, 2.24) is 10.2 Å². The van der Waals surface area contributed by atoms with Crippen molar-refractivity contribution in [2.45, 2.75) is 65.7 Å². The van der Waals surface area contributed by atoms with Crippen LogP contribution in [0.3, 0.4) is 0 Å². The highest BCUT2D eigenvalue weighted by atomic mass is 15.2. The van der Waals surface area contributed by atoms with Crippen molar-refractivity contribution >= 4 is 0 Å². The largest absolute Gasteiger partial charge is 0.310 e. The summed E-state index contributed by atoms with van der Waals surface area (Å²) in [5.74, 6) is 0.751. The Morgan fingerprint density at radius 3 is 2.45 bits per heavy atom. The van der Waals surface area contributed by atoms with E-state index < -0.39 is 0 Å². The number of benzene rings is 1. The van der Waals surface area contributed by atoms with Crippen molar-refractivity contribution < 1.29 is 0 Å². The number of hydrogen-bond donors (Lipinski definition) is 1. The van der Waals surface area contributed by atoms with E-state index in [1.165, 1.54) is 30.5 Å². The third kappa shape index (κ3) is 5.26. The molecular formula is C18H30N2. The summed E-state index contributed by atoms with van der Waals surface area (Å²) in [6.45, 7) is 12.3. The summed E-state index contributed by atoms with van der Waals surface area (Å²) in [5, 5.41) is 3.50. The molecule has 1 aliphatic rings. The third-order valence-corrected chi connectivity index (χ3v) is 3.75. The van der Waals surface area contributed by atoms with Crippen molar-refractivity contribution in [1.29, 1.82) is 0 Å². The lowest BCUT2D eigenvalue weighted by molar-refractivity contribution is 0.226. The standard InChI is InChI=1S/C18H30N2/c1-14(2)12-20(18-8-9-18)13-17-7-5-6-16(10-17)11-19-15(3)4/h5-7,10,14-15,18-19H,8-9,11-13H2,1-4H3. The van der Waals surface area contributed by atoms with Gasteiger partial charge >= 0.3 is 0 Å². The summed E-state index contributed by atoms with van der Waals surface area (Å²) < 4.78 is 0. The Balaban J connectivity index is 1.95. The van der Waals surface area contributed by atoms with E-state index in [-0.39, 0.29) is 0 Å². The lowest BCUT2D eigenvalue weighted by Gasteiger charge is -2.24. The van der Waals surface area contributed by atoms with Gasteiger partial charge in [0.05, 0.1) is 0 Å². The highest BCUT2D eigenvalue weighted by Crippen LogP contribution is 2.29. The highest BCUT2D eigenvalue weighted by molar-refractivity contribution is 5.23. The quantitative estimate of drug-likeness (QED) is 0.775. The molecule has 0 bridgehead atoms. The second-order valence-electron chi connectivity index (χ2n) is 6.91. The van der Waals surface area contributed by atoms with Crippen molar-refractivity contribution in [3.63, 3.8) is 0 Å². The van der Waals surface area contributed by atoms with Crippen LogP contribution in [-0.2, 0) is 13.1 Å². The molecule has 0 unspecified atom stereocenters. The minimum Gasteiger partial charge on any atom is -0.310 e. The second-order valence-corrected chi connectivity index (χ2v) is 6.91. The Hall–Kier alpha value is -0.860. The zero-order chi connectivity index (χ0) is 14.5. The van der Waals surface area contributed by atoms with Gasteiger partial charge in [-0.2, -0.15) is 0 Å². The minimum atomic E-state index is 0.544. The predicted octanol–water partition coefficient (Wildman–Crippen LogP) is 3.81. The summed E-state index contributed by atoms with van der Waals surface area (Å²) in [7, 11) is 0. The van der Waals surface area contributed by atoms with Gasteiger partial charge in [-0.25, -0.2) is 0 Å². The van der Waals surface area contributed by atoms with Gasteiger partial charge in [-0.3, -0.25) is 4.90 Å². The van der Waals surface area contributed by atoms with Crippen molar-refractivity contribution in [2.75, 3.05) is 6.54 Å². The minimum absolute atomic E-state index is 0.544. The average molecular weight is 274 g/mol. The molecule has 0 amide bonds. The summed E-state index contributed by atoms with van der Waals surface area (Å²) in [6, 6.07) is 10.5. The van der Waals surface area contributed by atoms with Crippen molar-refractivity contribution in [3.8, 4) is 0 Å². The first-order chi connectivity index (χ1) is 9.54. The lowest BCUT2D eigenvalue weighted by atomic mass is 10.1. The lowest BCUT2D eigenvalue weighted by Crippen LogP contribution is -2.29. The van der Waals surface area contributed by atoms with Crippen molar-refractivity contribution in [2.24, 2.45) is 5.92 Å². The van der Waals surface area contributed by atoms with Crippen LogP contribution in [0.2, 0.25) is 0 Å². The topological polar surface area (TPSA) is 15.3 Å². The molecular weight excluding hydrogens is 244 g/mol. The van der Waals surface area contributed by atoms with E-state index >= 15 is 0 Å². The molecule has 0 aliphatic heterocycles. The van der Waals surface area contributed by atoms with Crippen LogP contribution >= 0.6 is 0 Å². The Morgan fingerprint density at radius 1 is 1.15 bits per heavy atom. The van der Waals surface area contributed by atoms with E-state index in [2.05, 4.69) is 62.2 Å². The summed E-state index contributed by atoms with van der Waals surface area (Å²) in [4.78, 5) is 2.67. The first kappa shape index (κ1) is 15.5. The molecule has 2 heteroatoms. The van der Waals surface area contributed by atoms with Gasteiger partial charge in [0.2, 0.25) is 0 Å². The Kier molecular flexibility index (Phi) is 5.62.